The van der Waals surface area contributed by atoms with E-state index in [0.29, 0.717) is 40.6 Å². The van der Waals surface area contributed by atoms with Gasteiger partial charge < -0.3 is 0 Å². The molecule has 4 nitrogen and oxygen atoms in total. The largest absolute Gasteiger partial charge is 0.255 e. The Balaban J connectivity index is 1.55. The lowest BCUT2D eigenvalue weighted by Crippen LogP contribution is -2.24. The van der Waals surface area contributed by atoms with Crippen molar-refractivity contribution in [3.05, 3.63) is 59.1 Å². The average molecular weight is 431 g/mol. The van der Waals surface area contributed by atoms with Gasteiger partial charge in [-0.3, -0.25) is 4.98 Å². The van der Waals surface area contributed by atoms with E-state index in [1.807, 2.05) is 0 Å². The van der Waals surface area contributed by atoms with E-state index in [4.69, 9.17) is 0 Å². The van der Waals surface area contributed by atoms with Gasteiger partial charge >= 0.3 is 0 Å². The minimum atomic E-state index is -0.358. The molecule has 3 aromatic rings. The monoisotopic (exact) mass is 430 g/mol. The fourth-order valence-electron chi connectivity index (χ4n) is 4.93. The standard InChI is InChI=1S/C27H31FN4/c1-26(2,3)24-30-23(31-25(32-24)27(4,5)6)20-14-29-22(13-21(20)28)17-9-10-18-15-7-8-16(11-15)19(18)12-17/h9-10,12-16H,7-8,11H2,1-6H3. The molecule has 166 valence electrons. The van der Waals surface area contributed by atoms with Crippen LogP contribution in [0.5, 0.6) is 0 Å². The van der Waals surface area contributed by atoms with Crippen LogP contribution < -0.4 is 0 Å². The van der Waals surface area contributed by atoms with Crippen molar-refractivity contribution in [2.75, 3.05) is 0 Å². The summed E-state index contributed by atoms with van der Waals surface area (Å²) in [7, 11) is 0. The van der Waals surface area contributed by atoms with Crippen LogP contribution >= 0.6 is 0 Å². The number of aromatic nitrogens is 4. The van der Waals surface area contributed by atoms with Gasteiger partial charge in [0.1, 0.15) is 17.5 Å². The molecule has 0 radical (unpaired) electrons. The van der Waals surface area contributed by atoms with E-state index in [1.165, 1.54) is 36.5 Å². The van der Waals surface area contributed by atoms with Gasteiger partial charge in [-0.25, -0.2) is 19.3 Å². The molecule has 2 aliphatic rings. The van der Waals surface area contributed by atoms with Crippen LogP contribution in [0.1, 0.15) is 95.4 Å². The first-order valence-corrected chi connectivity index (χ1v) is 11.6. The zero-order chi connectivity index (χ0) is 22.8. The lowest BCUT2D eigenvalue weighted by atomic mass is 9.90. The SMILES string of the molecule is CC(C)(C)c1nc(-c2cnc(-c3ccc4c(c3)C3CCC4C3)cc2F)nc(C(C)(C)C)n1. The van der Waals surface area contributed by atoms with Crippen molar-refractivity contribution in [1.29, 1.82) is 0 Å². The summed E-state index contributed by atoms with van der Waals surface area (Å²) in [5.74, 6) is 2.68. The summed E-state index contributed by atoms with van der Waals surface area (Å²) in [4.78, 5) is 18.5. The summed E-state index contributed by atoms with van der Waals surface area (Å²) in [6, 6.07) is 8.04. The molecule has 32 heavy (non-hydrogen) atoms. The molecule has 0 spiro atoms. The highest BCUT2D eigenvalue weighted by molar-refractivity contribution is 5.66. The minimum Gasteiger partial charge on any atom is -0.255 e. The van der Waals surface area contributed by atoms with Gasteiger partial charge in [-0.1, -0.05) is 53.7 Å². The lowest BCUT2D eigenvalue weighted by Gasteiger charge is -2.22. The molecular formula is C27H31FN4. The molecule has 2 atom stereocenters. The molecule has 1 aromatic carbocycles. The molecule has 0 aliphatic heterocycles. The second kappa shape index (κ2) is 7.16. The van der Waals surface area contributed by atoms with Crippen LogP contribution in [0, 0.1) is 5.82 Å². The number of nitrogens with zero attached hydrogens (tertiary/aromatic N) is 4. The van der Waals surface area contributed by atoms with E-state index in [2.05, 4.69) is 79.7 Å². The van der Waals surface area contributed by atoms with Crippen LogP contribution in [0.2, 0.25) is 0 Å². The van der Waals surface area contributed by atoms with Gasteiger partial charge in [0, 0.05) is 28.7 Å². The Labute approximate surface area is 189 Å². The number of pyridine rings is 1. The summed E-state index contributed by atoms with van der Waals surface area (Å²) in [6.45, 7) is 12.3. The molecule has 5 heteroatoms. The summed E-state index contributed by atoms with van der Waals surface area (Å²) >= 11 is 0. The number of fused-ring (bicyclic) bond motifs is 5. The summed E-state index contributed by atoms with van der Waals surface area (Å²) in [5.41, 5.74) is 4.31. The minimum absolute atomic E-state index is 0.272. The normalized spacial score (nSPS) is 20.0. The van der Waals surface area contributed by atoms with Gasteiger partial charge in [0.2, 0.25) is 0 Å². The fraction of sp³-hybridized carbons (Fsp3) is 0.481. The van der Waals surface area contributed by atoms with Gasteiger partial charge in [-0.15, -0.1) is 0 Å². The second-order valence-electron chi connectivity index (χ2n) is 11.4. The van der Waals surface area contributed by atoms with Crippen molar-refractivity contribution in [1.82, 2.24) is 19.9 Å². The second-order valence-corrected chi connectivity index (χ2v) is 11.4. The Hall–Kier alpha value is -2.69. The Morgan fingerprint density at radius 2 is 1.44 bits per heavy atom. The van der Waals surface area contributed by atoms with Gasteiger partial charge in [0.15, 0.2) is 5.82 Å². The van der Waals surface area contributed by atoms with E-state index in [9.17, 15) is 0 Å². The number of hydrogen-bond donors (Lipinski definition) is 0. The van der Waals surface area contributed by atoms with E-state index >= 15 is 4.39 Å². The topological polar surface area (TPSA) is 51.6 Å². The summed E-state index contributed by atoms with van der Waals surface area (Å²) in [6.07, 6.45) is 5.41. The van der Waals surface area contributed by atoms with Crippen LogP contribution in [0.15, 0.2) is 30.5 Å². The van der Waals surface area contributed by atoms with E-state index in [1.54, 1.807) is 6.20 Å². The van der Waals surface area contributed by atoms with Crippen molar-refractivity contribution in [3.63, 3.8) is 0 Å². The zero-order valence-corrected chi connectivity index (χ0v) is 19.8. The molecule has 0 N–H and O–H groups in total. The fourth-order valence-corrected chi connectivity index (χ4v) is 4.93. The number of rotatable bonds is 2. The summed E-state index contributed by atoms with van der Waals surface area (Å²) in [5, 5.41) is 0. The predicted molar refractivity (Wildman–Crippen MR) is 125 cm³/mol. The van der Waals surface area contributed by atoms with Gasteiger partial charge in [-0.2, -0.15) is 0 Å². The van der Waals surface area contributed by atoms with Crippen LogP contribution in [0.25, 0.3) is 22.6 Å². The Bertz CT molecular complexity index is 1170. The number of halogens is 1. The van der Waals surface area contributed by atoms with Crippen LogP contribution in [0.4, 0.5) is 4.39 Å². The Morgan fingerprint density at radius 1 is 0.812 bits per heavy atom. The third-order valence-electron chi connectivity index (χ3n) is 6.77. The molecular weight excluding hydrogens is 399 g/mol. The van der Waals surface area contributed by atoms with Crippen molar-refractivity contribution in [3.8, 4) is 22.6 Å². The first kappa shape index (κ1) is 21.2. The third-order valence-corrected chi connectivity index (χ3v) is 6.77. The van der Waals surface area contributed by atoms with Crippen molar-refractivity contribution in [2.24, 2.45) is 0 Å². The van der Waals surface area contributed by atoms with Gasteiger partial charge in [-0.05, 0) is 48.3 Å². The highest BCUT2D eigenvalue weighted by atomic mass is 19.1. The highest BCUT2D eigenvalue weighted by Gasteiger charge is 2.36. The molecule has 2 aliphatic carbocycles. The Morgan fingerprint density at radius 3 is 2.03 bits per heavy atom. The first-order valence-electron chi connectivity index (χ1n) is 11.6. The quantitative estimate of drug-likeness (QED) is 0.454. The maximum atomic E-state index is 15.4. The van der Waals surface area contributed by atoms with Crippen molar-refractivity contribution >= 4 is 0 Å². The molecule has 2 aromatic heterocycles. The van der Waals surface area contributed by atoms with Crippen molar-refractivity contribution < 1.29 is 4.39 Å². The van der Waals surface area contributed by atoms with Crippen LogP contribution in [-0.4, -0.2) is 19.9 Å². The molecule has 2 bridgehead atoms. The van der Waals surface area contributed by atoms with Gasteiger partial charge in [0.25, 0.3) is 0 Å². The zero-order valence-electron chi connectivity index (χ0n) is 19.8. The predicted octanol–water partition coefficient (Wildman–Crippen LogP) is 6.70. The maximum Gasteiger partial charge on any atom is 0.167 e. The first-order chi connectivity index (χ1) is 15.0. The molecule has 1 saturated carbocycles. The number of benzene rings is 1. The lowest BCUT2D eigenvalue weighted by molar-refractivity contribution is 0.496. The molecule has 1 fully saturated rings. The smallest absolute Gasteiger partial charge is 0.167 e. The molecule has 0 saturated heterocycles. The van der Waals surface area contributed by atoms with Crippen molar-refractivity contribution in [2.45, 2.75) is 83.5 Å². The van der Waals surface area contributed by atoms with Gasteiger partial charge in [0.05, 0.1) is 11.3 Å². The van der Waals surface area contributed by atoms with Crippen LogP contribution in [0.3, 0.4) is 0 Å². The maximum absolute atomic E-state index is 15.4. The highest BCUT2D eigenvalue weighted by Crippen LogP contribution is 2.53. The third kappa shape index (κ3) is 3.62. The molecule has 2 heterocycles. The number of hydrogen-bond acceptors (Lipinski definition) is 4. The molecule has 5 rings (SSSR count). The Kier molecular flexibility index (Phi) is 4.74. The molecule has 0 amide bonds. The molecule has 2 unspecified atom stereocenters. The average Bonchev–Trinajstić information content (AvgIpc) is 3.34. The van der Waals surface area contributed by atoms with E-state index in [0.717, 1.165) is 5.56 Å². The van der Waals surface area contributed by atoms with E-state index < -0.39 is 0 Å². The summed E-state index contributed by atoms with van der Waals surface area (Å²) < 4.78 is 15.4. The van der Waals surface area contributed by atoms with E-state index in [-0.39, 0.29) is 16.6 Å². The van der Waals surface area contributed by atoms with Crippen LogP contribution in [-0.2, 0) is 10.8 Å².